The second kappa shape index (κ2) is 7.25. The average Bonchev–Trinajstić information content (AvgIpc) is 2.55. The number of ether oxygens (including phenoxy) is 1. The van der Waals surface area contributed by atoms with Crippen LogP contribution in [0.5, 0.6) is 0 Å². The van der Waals surface area contributed by atoms with Crippen LogP contribution in [0.15, 0.2) is 65.6 Å². The van der Waals surface area contributed by atoms with E-state index in [1.807, 2.05) is 0 Å². The van der Waals surface area contributed by atoms with E-state index >= 15 is 0 Å². The van der Waals surface area contributed by atoms with Crippen molar-refractivity contribution in [3.05, 3.63) is 66.2 Å². The van der Waals surface area contributed by atoms with Crippen LogP contribution in [0.3, 0.4) is 0 Å². The summed E-state index contributed by atoms with van der Waals surface area (Å²) in [6, 6.07) is 15.7. The number of amides is 1. The first-order valence-electron chi connectivity index (χ1n) is 7.68. The van der Waals surface area contributed by atoms with E-state index in [1.54, 1.807) is 57.2 Å². The van der Waals surface area contributed by atoms with Gasteiger partial charge in [0.1, 0.15) is 5.60 Å². The van der Waals surface area contributed by atoms with Crippen molar-refractivity contribution in [1.82, 2.24) is 5.06 Å². The lowest BCUT2D eigenvalue weighted by Gasteiger charge is -2.29. The molecule has 7 heteroatoms. The molecule has 1 N–H and O–H groups in total. The zero-order valence-corrected chi connectivity index (χ0v) is 15.1. The van der Waals surface area contributed by atoms with Crippen molar-refractivity contribution in [2.45, 2.75) is 36.6 Å². The minimum Gasteiger partial charge on any atom is -0.442 e. The maximum Gasteiger partial charge on any atom is 0.435 e. The van der Waals surface area contributed by atoms with Crippen LogP contribution < -0.4 is 0 Å². The Balaban J connectivity index is 2.50. The van der Waals surface area contributed by atoms with Crippen LogP contribution >= 0.6 is 0 Å². The fourth-order valence-electron chi connectivity index (χ4n) is 2.21. The first kappa shape index (κ1) is 19.0. The van der Waals surface area contributed by atoms with Gasteiger partial charge in [0.25, 0.3) is 0 Å². The highest BCUT2D eigenvalue weighted by Crippen LogP contribution is 2.32. The van der Waals surface area contributed by atoms with Gasteiger partial charge in [0.15, 0.2) is 5.37 Å². The first-order valence-corrected chi connectivity index (χ1v) is 9.22. The fraction of sp³-hybridized carbons (Fsp3) is 0.278. The van der Waals surface area contributed by atoms with E-state index in [4.69, 9.17) is 4.74 Å². The Labute approximate surface area is 147 Å². The highest BCUT2D eigenvalue weighted by molar-refractivity contribution is 7.91. The molecule has 2 aromatic carbocycles. The van der Waals surface area contributed by atoms with E-state index in [-0.39, 0.29) is 15.5 Å². The second-order valence-corrected chi connectivity index (χ2v) is 8.45. The number of hydroxylamine groups is 2. The smallest absolute Gasteiger partial charge is 0.435 e. The SMILES string of the molecule is CC(C)(C)OC(=O)N(O)C(c1ccccc1)S(=O)(=O)c1ccccc1. The first-order chi connectivity index (χ1) is 11.6. The third-order valence-electron chi connectivity index (χ3n) is 3.25. The molecule has 0 radical (unpaired) electrons. The van der Waals surface area contributed by atoms with Crippen molar-refractivity contribution in [3.8, 4) is 0 Å². The minimum absolute atomic E-state index is 0.00791. The summed E-state index contributed by atoms with van der Waals surface area (Å²) < 4.78 is 31.2. The van der Waals surface area contributed by atoms with Gasteiger partial charge in [-0.3, -0.25) is 5.21 Å². The Morgan fingerprint density at radius 3 is 1.96 bits per heavy atom. The molecular weight excluding hydrogens is 342 g/mol. The topological polar surface area (TPSA) is 83.9 Å². The quantitative estimate of drug-likeness (QED) is 0.660. The summed E-state index contributed by atoms with van der Waals surface area (Å²) in [4.78, 5) is 12.2. The molecule has 0 spiro atoms. The van der Waals surface area contributed by atoms with Crippen molar-refractivity contribution in [2.24, 2.45) is 0 Å². The molecule has 1 atom stereocenters. The Morgan fingerprint density at radius 2 is 1.48 bits per heavy atom. The zero-order chi connectivity index (χ0) is 18.7. The molecule has 0 aliphatic heterocycles. The molecule has 2 aromatic rings. The van der Waals surface area contributed by atoms with Crippen LogP contribution in [0.4, 0.5) is 4.79 Å². The van der Waals surface area contributed by atoms with Crippen LogP contribution in [0.1, 0.15) is 31.7 Å². The monoisotopic (exact) mass is 363 g/mol. The van der Waals surface area contributed by atoms with Crippen molar-refractivity contribution < 1.29 is 23.2 Å². The standard InChI is InChI=1S/C18H21NO5S/c1-18(2,3)24-17(20)19(21)16(14-10-6-4-7-11-14)25(22,23)15-12-8-5-9-13-15/h4-13,16,21H,1-3H3. The van der Waals surface area contributed by atoms with Gasteiger partial charge in [-0.1, -0.05) is 48.5 Å². The van der Waals surface area contributed by atoms with E-state index < -0.39 is 26.9 Å². The number of carbonyl (C=O) groups excluding carboxylic acids is 1. The normalized spacial score (nSPS) is 13.1. The third kappa shape index (κ3) is 4.58. The third-order valence-corrected chi connectivity index (χ3v) is 5.24. The highest BCUT2D eigenvalue weighted by atomic mass is 32.2. The van der Waals surface area contributed by atoms with Gasteiger partial charge in [0.05, 0.1) is 4.90 Å². The van der Waals surface area contributed by atoms with Gasteiger partial charge in [0.2, 0.25) is 9.84 Å². The van der Waals surface area contributed by atoms with Gasteiger partial charge in [-0.2, -0.15) is 5.06 Å². The Morgan fingerprint density at radius 1 is 1.00 bits per heavy atom. The van der Waals surface area contributed by atoms with E-state index in [0.29, 0.717) is 0 Å². The lowest BCUT2D eigenvalue weighted by molar-refractivity contribution is -0.104. The molecule has 0 fully saturated rings. The summed E-state index contributed by atoms with van der Waals surface area (Å²) in [5, 5.41) is 8.88. The van der Waals surface area contributed by atoms with Crippen LogP contribution in [-0.2, 0) is 14.6 Å². The molecule has 0 saturated heterocycles. The van der Waals surface area contributed by atoms with Crippen molar-refractivity contribution in [2.75, 3.05) is 0 Å². The summed E-state index contributed by atoms with van der Waals surface area (Å²) in [5.41, 5.74) is -0.629. The number of rotatable bonds is 4. The summed E-state index contributed by atoms with van der Waals surface area (Å²) in [6.45, 7) is 4.88. The number of hydrogen-bond acceptors (Lipinski definition) is 5. The van der Waals surface area contributed by atoms with Crippen LogP contribution in [0, 0.1) is 0 Å². The predicted molar refractivity (Wildman–Crippen MR) is 92.7 cm³/mol. The highest BCUT2D eigenvalue weighted by Gasteiger charge is 2.38. The van der Waals surface area contributed by atoms with E-state index in [9.17, 15) is 18.4 Å². The van der Waals surface area contributed by atoms with E-state index in [1.165, 1.54) is 24.3 Å². The predicted octanol–water partition coefficient (Wildman–Crippen LogP) is 3.79. The van der Waals surface area contributed by atoms with E-state index in [0.717, 1.165) is 0 Å². The van der Waals surface area contributed by atoms with Gasteiger partial charge in [-0.05, 0) is 38.5 Å². The van der Waals surface area contributed by atoms with Gasteiger partial charge in [-0.15, -0.1) is 0 Å². The molecule has 0 aliphatic carbocycles. The molecule has 1 unspecified atom stereocenters. The van der Waals surface area contributed by atoms with Crippen LogP contribution in [-0.4, -0.2) is 30.4 Å². The number of nitrogens with zero attached hydrogens (tertiary/aromatic N) is 1. The molecule has 0 bridgehead atoms. The molecule has 0 heterocycles. The Kier molecular flexibility index (Phi) is 5.49. The summed E-state index contributed by atoms with van der Waals surface area (Å²) in [6.07, 6.45) is -1.14. The number of benzene rings is 2. The van der Waals surface area contributed by atoms with Crippen molar-refractivity contribution in [3.63, 3.8) is 0 Å². The van der Waals surface area contributed by atoms with Gasteiger partial charge >= 0.3 is 6.09 Å². The Hall–Kier alpha value is -2.38. The molecule has 134 valence electrons. The average molecular weight is 363 g/mol. The van der Waals surface area contributed by atoms with Gasteiger partial charge < -0.3 is 4.74 Å². The summed E-state index contributed by atoms with van der Waals surface area (Å²) >= 11 is 0. The van der Waals surface area contributed by atoms with Crippen molar-refractivity contribution >= 4 is 15.9 Å². The number of hydrogen-bond donors (Lipinski definition) is 1. The van der Waals surface area contributed by atoms with Gasteiger partial charge in [0, 0.05) is 0 Å². The fourth-order valence-corrected chi connectivity index (χ4v) is 3.87. The summed E-state index contributed by atoms with van der Waals surface area (Å²) in [7, 11) is -4.08. The molecule has 0 saturated carbocycles. The second-order valence-electron chi connectivity index (χ2n) is 6.45. The molecule has 0 aromatic heterocycles. The maximum absolute atomic E-state index is 13.0. The molecule has 2 rings (SSSR count). The molecule has 6 nitrogen and oxygen atoms in total. The van der Waals surface area contributed by atoms with Crippen LogP contribution in [0.25, 0.3) is 0 Å². The Bertz CT molecular complexity index is 814. The molecular formula is C18H21NO5S. The van der Waals surface area contributed by atoms with Gasteiger partial charge in [-0.25, -0.2) is 13.2 Å². The van der Waals surface area contributed by atoms with Crippen LogP contribution in [0.2, 0.25) is 0 Å². The molecule has 1 amide bonds. The largest absolute Gasteiger partial charge is 0.442 e. The van der Waals surface area contributed by atoms with E-state index in [2.05, 4.69) is 0 Å². The number of carbonyl (C=O) groups is 1. The lowest BCUT2D eigenvalue weighted by Crippen LogP contribution is -2.40. The lowest BCUT2D eigenvalue weighted by atomic mass is 10.2. The zero-order valence-electron chi connectivity index (χ0n) is 14.3. The maximum atomic E-state index is 13.0. The molecule has 25 heavy (non-hydrogen) atoms. The minimum atomic E-state index is -4.08. The molecule has 0 aliphatic rings. The van der Waals surface area contributed by atoms with Crippen molar-refractivity contribution in [1.29, 1.82) is 0 Å². The number of sulfone groups is 1. The summed E-state index contributed by atoms with van der Waals surface area (Å²) in [5.74, 6) is 0.